The lowest BCUT2D eigenvalue weighted by Gasteiger charge is -2.10. The second-order valence-electron chi connectivity index (χ2n) is 6.00. The highest BCUT2D eigenvalue weighted by molar-refractivity contribution is 6.04. The van der Waals surface area contributed by atoms with Crippen LogP contribution in [-0.2, 0) is 6.54 Å². The maximum absolute atomic E-state index is 13.8. The van der Waals surface area contributed by atoms with Crippen LogP contribution < -0.4 is 20.3 Å². The standard InChI is InChI=1S/C20H15FN2O4/c21-16-4-2-1-3-13(16)10-23-11-14(5-8-19(23)24)20(25)22-15-6-7-17-18(9-15)27-12-26-17/h1-9,11H,10,12H2,(H,22,25). The summed E-state index contributed by atoms with van der Waals surface area (Å²) in [6.45, 7) is 0.185. The SMILES string of the molecule is O=C(Nc1ccc2c(c1)OCO2)c1ccc(=O)n(Cc2ccccc2F)c1. The number of nitrogens with zero attached hydrogens (tertiary/aromatic N) is 1. The Labute approximate surface area is 153 Å². The molecular weight excluding hydrogens is 351 g/mol. The Kier molecular flexibility index (Phi) is 4.33. The van der Waals surface area contributed by atoms with Gasteiger partial charge in [0.25, 0.3) is 11.5 Å². The topological polar surface area (TPSA) is 69.6 Å². The zero-order valence-electron chi connectivity index (χ0n) is 14.1. The minimum atomic E-state index is -0.403. The number of carbonyl (C=O) groups is 1. The summed E-state index contributed by atoms with van der Waals surface area (Å²) in [5.41, 5.74) is 0.866. The maximum atomic E-state index is 13.8. The molecule has 6 nitrogen and oxygen atoms in total. The summed E-state index contributed by atoms with van der Waals surface area (Å²) < 4.78 is 25.7. The number of carbonyl (C=O) groups excluding carboxylic acids is 1. The Hall–Kier alpha value is -3.61. The van der Waals surface area contributed by atoms with Gasteiger partial charge in [-0.15, -0.1) is 0 Å². The van der Waals surface area contributed by atoms with E-state index < -0.39 is 11.7 Å². The minimum Gasteiger partial charge on any atom is -0.454 e. The molecule has 1 aliphatic heterocycles. The highest BCUT2D eigenvalue weighted by atomic mass is 19.1. The van der Waals surface area contributed by atoms with E-state index in [4.69, 9.17) is 9.47 Å². The predicted molar refractivity (Wildman–Crippen MR) is 96.7 cm³/mol. The zero-order chi connectivity index (χ0) is 18.8. The number of hydrogen-bond acceptors (Lipinski definition) is 4. The molecule has 0 spiro atoms. The van der Waals surface area contributed by atoms with Crippen molar-refractivity contribution in [1.82, 2.24) is 4.57 Å². The number of benzene rings is 2. The number of anilines is 1. The molecule has 1 amide bonds. The van der Waals surface area contributed by atoms with Crippen molar-refractivity contribution >= 4 is 11.6 Å². The van der Waals surface area contributed by atoms with Crippen molar-refractivity contribution in [1.29, 1.82) is 0 Å². The fourth-order valence-corrected chi connectivity index (χ4v) is 2.78. The Morgan fingerprint density at radius 3 is 2.74 bits per heavy atom. The second-order valence-corrected chi connectivity index (χ2v) is 6.00. The van der Waals surface area contributed by atoms with E-state index in [-0.39, 0.29) is 24.5 Å². The molecule has 1 aliphatic rings. The molecule has 2 aromatic carbocycles. The van der Waals surface area contributed by atoms with Gasteiger partial charge in [0.1, 0.15) is 5.82 Å². The Balaban J connectivity index is 1.56. The van der Waals surface area contributed by atoms with Gasteiger partial charge in [0.05, 0.1) is 12.1 Å². The first-order valence-electron chi connectivity index (χ1n) is 8.25. The molecule has 0 unspecified atom stereocenters. The lowest BCUT2D eigenvalue weighted by Crippen LogP contribution is -2.23. The minimum absolute atomic E-state index is 0.0383. The van der Waals surface area contributed by atoms with E-state index in [9.17, 15) is 14.0 Å². The Bertz CT molecular complexity index is 1080. The third-order valence-corrected chi connectivity index (χ3v) is 4.17. The molecule has 1 N–H and O–H groups in total. The molecule has 0 fully saturated rings. The quantitative estimate of drug-likeness (QED) is 0.771. The number of ether oxygens (including phenoxy) is 2. The second kappa shape index (κ2) is 6.95. The lowest BCUT2D eigenvalue weighted by atomic mass is 10.2. The summed E-state index contributed by atoms with van der Waals surface area (Å²) in [4.78, 5) is 24.6. The Morgan fingerprint density at radius 1 is 1.07 bits per heavy atom. The number of halogens is 1. The molecule has 0 radical (unpaired) electrons. The fourth-order valence-electron chi connectivity index (χ4n) is 2.78. The van der Waals surface area contributed by atoms with Crippen molar-refractivity contribution in [2.75, 3.05) is 12.1 Å². The number of nitrogens with one attached hydrogen (secondary N) is 1. The normalized spacial score (nSPS) is 12.0. The van der Waals surface area contributed by atoms with Crippen molar-refractivity contribution in [3.8, 4) is 11.5 Å². The molecule has 7 heteroatoms. The molecule has 0 atom stereocenters. The van der Waals surface area contributed by atoms with Gasteiger partial charge >= 0.3 is 0 Å². The molecule has 1 aromatic heterocycles. The lowest BCUT2D eigenvalue weighted by molar-refractivity contribution is 0.102. The van der Waals surface area contributed by atoms with Gasteiger partial charge in [-0.1, -0.05) is 18.2 Å². The first kappa shape index (κ1) is 16.8. The van der Waals surface area contributed by atoms with E-state index in [2.05, 4.69) is 5.32 Å². The first-order chi connectivity index (χ1) is 13.1. The highest BCUT2D eigenvalue weighted by Crippen LogP contribution is 2.34. The summed E-state index contributed by atoms with van der Waals surface area (Å²) in [6.07, 6.45) is 1.41. The van der Waals surface area contributed by atoms with Crippen LogP contribution >= 0.6 is 0 Å². The van der Waals surface area contributed by atoms with Crippen LogP contribution in [0.1, 0.15) is 15.9 Å². The average molecular weight is 366 g/mol. The van der Waals surface area contributed by atoms with Crippen molar-refractivity contribution < 1.29 is 18.7 Å². The highest BCUT2D eigenvalue weighted by Gasteiger charge is 2.15. The van der Waals surface area contributed by atoms with E-state index in [0.29, 0.717) is 22.7 Å². The van der Waals surface area contributed by atoms with Crippen molar-refractivity contribution in [3.63, 3.8) is 0 Å². The summed E-state index contributed by atoms with van der Waals surface area (Å²) in [7, 11) is 0. The molecule has 3 aromatic rings. The molecule has 4 rings (SSSR count). The molecule has 0 bridgehead atoms. The van der Waals surface area contributed by atoms with Gasteiger partial charge in [-0.3, -0.25) is 9.59 Å². The molecule has 0 aliphatic carbocycles. The molecular formula is C20H15FN2O4. The number of aromatic nitrogens is 1. The average Bonchev–Trinajstić information content (AvgIpc) is 3.13. The van der Waals surface area contributed by atoms with Gasteiger partial charge in [0, 0.05) is 29.6 Å². The van der Waals surface area contributed by atoms with Crippen LogP contribution in [0.4, 0.5) is 10.1 Å². The number of hydrogen-bond donors (Lipinski definition) is 1. The van der Waals surface area contributed by atoms with Crippen LogP contribution in [0.15, 0.2) is 65.6 Å². The van der Waals surface area contributed by atoms with Crippen molar-refractivity contribution in [3.05, 3.63) is 88.1 Å². The zero-order valence-corrected chi connectivity index (χ0v) is 14.1. The smallest absolute Gasteiger partial charge is 0.257 e. The van der Waals surface area contributed by atoms with Crippen LogP contribution in [0, 0.1) is 5.82 Å². The predicted octanol–water partition coefficient (Wildman–Crippen LogP) is 3.02. The van der Waals surface area contributed by atoms with E-state index in [1.807, 2.05) is 0 Å². The van der Waals surface area contributed by atoms with Crippen LogP contribution in [0.3, 0.4) is 0 Å². The van der Waals surface area contributed by atoms with Gasteiger partial charge in [-0.05, 0) is 24.3 Å². The van der Waals surface area contributed by atoms with Crippen LogP contribution in [0.2, 0.25) is 0 Å². The maximum Gasteiger partial charge on any atom is 0.257 e. The van der Waals surface area contributed by atoms with Crippen molar-refractivity contribution in [2.24, 2.45) is 0 Å². The largest absolute Gasteiger partial charge is 0.454 e. The summed E-state index contributed by atoms with van der Waals surface area (Å²) in [5.74, 6) is 0.375. The molecule has 0 saturated heterocycles. The van der Waals surface area contributed by atoms with E-state index in [1.54, 1.807) is 36.4 Å². The monoisotopic (exact) mass is 366 g/mol. The molecule has 27 heavy (non-hydrogen) atoms. The third kappa shape index (κ3) is 3.52. The van der Waals surface area contributed by atoms with Crippen LogP contribution in [0.5, 0.6) is 11.5 Å². The summed E-state index contributed by atoms with van der Waals surface area (Å²) in [6, 6.07) is 14.0. The van der Waals surface area contributed by atoms with Gasteiger partial charge in [0.15, 0.2) is 11.5 Å². The first-order valence-corrected chi connectivity index (χ1v) is 8.25. The van der Waals surface area contributed by atoms with Gasteiger partial charge in [-0.2, -0.15) is 0 Å². The summed E-state index contributed by atoms with van der Waals surface area (Å²) >= 11 is 0. The third-order valence-electron chi connectivity index (χ3n) is 4.17. The van der Waals surface area contributed by atoms with Crippen molar-refractivity contribution in [2.45, 2.75) is 6.54 Å². The van der Waals surface area contributed by atoms with E-state index in [0.717, 1.165) is 0 Å². The van der Waals surface area contributed by atoms with Gasteiger partial charge in [0.2, 0.25) is 6.79 Å². The molecule has 136 valence electrons. The molecule has 2 heterocycles. The summed E-state index contributed by atoms with van der Waals surface area (Å²) in [5, 5.41) is 2.75. The van der Waals surface area contributed by atoms with Crippen LogP contribution in [-0.4, -0.2) is 17.3 Å². The van der Waals surface area contributed by atoms with E-state index in [1.165, 1.54) is 29.0 Å². The number of rotatable bonds is 4. The number of pyridine rings is 1. The number of amides is 1. The van der Waals surface area contributed by atoms with Crippen LogP contribution in [0.25, 0.3) is 0 Å². The number of fused-ring (bicyclic) bond motifs is 1. The Morgan fingerprint density at radius 2 is 1.89 bits per heavy atom. The van der Waals surface area contributed by atoms with E-state index >= 15 is 0 Å². The fraction of sp³-hybridized carbons (Fsp3) is 0.100. The molecule has 0 saturated carbocycles. The van der Waals surface area contributed by atoms with Gasteiger partial charge < -0.3 is 19.4 Å². The van der Waals surface area contributed by atoms with Gasteiger partial charge in [-0.25, -0.2) is 4.39 Å².